The van der Waals surface area contributed by atoms with Crippen molar-refractivity contribution < 1.29 is 13.9 Å². The molecule has 1 heterocycles. The van der Waals surface area contributed by atoms with Gasteiger partial charge in [0.15, 0.2) is 0 Å². The molecule has 6 nitrogen and oxygen atoms in total. The Bertz CT molecular complexity index is 554. The van der Waals surface area contributed by atoms with Crippen molar-refractivity contribution >= 4 is 5.97 Å². The Balaban J connectivity index is 2.07. The summed E-state index contributed by atoms with van der Waals surface area (Å²) in [7, 11) is 1.36. The van der Waals surface area contributed by atoms with Crippen LogP contribution in [0.15, 0.2) is 34.7 Å². The highest BCUT2D eigenvalue weighted by molar-refractivity contribution is 5.77. The van der Waals surface area contributed by atoms with Gasteiger partial charge in [-0.1, -0.05) is 37.3 Å². The molecule has 0 saturated heterocycles. The van der Waals surface area contributed by atoms with E-state index in [0.29, 0.717) is 24.7 Å². The lowest BCUT2D eigenvalue weighted by atomic mass is 10.1. The molecule has 0 amide bonds. The van der Waals surface area contributed by atoms with Gasteiger partial charge in [-0.05, 0) is 5.56 Å². The molecule has 106 valence electrons. The first-order chi connectivity index (χ1) is 9.74. The van der Waals surface area contributed by atoms with Crippen molar-refractivity contribution in [3.63, 3.8) is 0 Å². The Kier molecular flexibility index (Phi) is 4.84. The molecule has 0 bridgehead atoms. The molecule has 2 rings (SSSR count). The number of ether oxygens (including phenoxy) is 1. The zero-order valence-corrected chi connectivity index (χ0v) is 11.5. The fraction of sp³-hybridized carbons (Fsp3) is 0.357. The van der Waals surface area contributed by atoms with Crippen LogP contribution in [0.4, 0.5) is 0 Å². The maximum atomic E-state index is 11.8. The number of nitrogens with one attached hydrogen (secondary N) is 1. The third-order valence-electron chi connectivity index (χ3n) is 2.84. The van der Waals surface area contributed by atoms with Gasteiger partial charge in [-0.15, -0.1) is 10.2 Å². The van der Waals surface area contributed by atoms with Crippen molar-refractivity contribution in [3.05, 3.63) is 47.7 Å². The SMILES string of the molecule is CCc1nnc(CNC(C(=O)OC)c2ccccc2)o1. The molecule has 1 aromatic heterocycles. The molecule has 1 unspecified atom stereocenters. The fourth-order valence-electron chi connectivity index (χ4n) is 1.79. The molecule has 1 N–H and O–H groups in total. The molecule has 0 spiro atoms. The topological polar surface area (TPSA) is 77.2 Å². The van der Waals surface area contributed by atoms with Crippen molar-refractivity contribution in [2.24, 2.45) is 0 Å². The molecule has 0 aliphatic heterocycles. The highest BCUT2D eigenvalue weighted by Gasteiger charge is 2.21. The van der Waals surface area contributed by atoms with Crippen molar-refractivity contribution in [3.8, 4) is 0 Å². The first kappa shape index (κ1) is 14.2. The monoisotopic (exact) mass is 275 g/mol. The van der Waals surface area contributed by atoms with Crippen LogP contribution in [0.1, 0.15) is 30.3 Å². The van der Waals surface area contributed by atoms with Crippen LogP contribution in [-0.2, 0) is 22.5 Å². The molecule has 0 aliphatic rings. The minimum Gasteiger partial charge on any atom is -0.468 e. The molecular weight excluding hydrogens is 258 g/mol. The number of aryl methyl sites for hydroxylation is 1. The van der Waals surface area contributed by atoms with E-state index in [1.165, 1.54) is 7.11 Å². The zero-order valence-electron chi connectivity index (χ0n) is 11.5. The van der Waals surface area contributed by atoms with Crippen LogP contribution in [0, 0.1) is 0 Å². The maximum absolute atomic E-state index is 11.8. The van der Waals surface area contributed by atoms with Gasteiger partial charge in [0.25, 0.3) is 0 Å². The Morgan fingerprint density at radius 2 is 2.00 bits per heavy atom. The molecule has 0 saturated carbocycles. The number of nitrogens with zero attached hydrogens (tertiary/aromatic N) is 2. The highest BCUT2D eigenvalue weighted by Crippen LogP contribution is 2.15. The smallest absolute Gasteiger partial charge is 0.327 e. The van der Waals surface area contributed by atoms with Gasteiger partial charge >= 0.3 is 5.97 Å². The summed E-state index contributed by atoms with van der Waals surface area (Å²) in [6, 6.07) is 8.80. The van der Waals surface area contributed by atoms with Crippen molar-refractivity contribution in [1.82, 2.24) is 15.5 Å². The Morgan fingerprint density at radius 1 is 1.30 bits per heavy atom. The minimum atomic E-state index is -0.557. The molecule has 1 aromatic carbocycles. The summed E-state index contributed by atoms with van der Waals surface area (Å²) in [5.74, 6) is 0.675. The molecule has 2 aromatic rings. The lowest BCUT2D eigenvalue weighted by molar-refractivity contribution is -0.143. The third kappa shape index (κ3) is 3.42. The number of carbonyl (C=O) groups is 1. The number of esters is 1. The number of rotatable bonds is 6. The number of hydrogen-bond acceptors (Lipinski definition) is 6. The molecule has 20 heavy (non-hydrogen) atoms. The molecular formula is C14H17N3O3. The van der Waals surface area contributed by atoms with E-state index < -0.39 is 6.04 Å². The second-order valence-corrected chi connectivity index (χ2v) is 4.19. The number of methoxy groups -OCH3 is 1. The first-order valence-corrected chi connectivity index (χ1v) is 6.42. The quantitative estimate of drug-likeness (QED) is 0.807. The van der Waals surface area contributed by atoms with Crippen LogP contribution in [0.2, 0.25) is 0 Å². The van der Waals surface area contributed by atoms with E-state index in [1.54, 1.807) is 0 Å². The van der Waals surface area contributed by atoms with E-state index in [4.69, 9.17) is 9.15 Å². The summed E-state index contributed by atoms with van der Waals surface area (Å²) in [6.45, 7) is 2.24. The van der Waals surface area contributed by atoms with Crippen molar-refractivity contribution in [2.75, 3.05) is 7.11 Å². The van der Waals surface area contributed by atoms with E-state index in [1.807, 2.05) is 37.3 Å². The van der Waals surface area contributed by atoms with Gasteiger partial charge in [-0.25, -0.2) is 4.79 Å². The summed E-state index contributed by atoms with van der Waals surface area (Å²) < 4.78 is 10.2. The van der Waals surface area contributed by atoms with Crippen LogP contribution in [-0.4, -0.2) is 23.3 Å². The van der Waals surface area contributed by atoms with Gasteiger partial charge in [-0.2, -0.15) is 0 Å². The van der Waals surface area contributed by atoms with E-state index in [9.17, 15) is 4.79 Å². The summed E-state index contributed by atoms with van der Waals surface area (Å²) in [6.07, 6.45) is 0.687. The van der Waals surface area contributed by atoms with E-state index in [-0.39, 0.29) is 5.97 Å². The van der Waals surface area contributed by atoms with Crippen molar-refractivity contribution in [1.29, 1.82) is 0 Å². The first-order valence-electron chi connectivity index (χ1n) is 6.42. The predicted octanol–water partition coefficient (Wildman–Crippen LogP) is 1.64. The van der Waals surface area contributed by atoms with Crippen LogP contribution < -0.4 is 5.32 Å². The summed E-state index contributed by atoms with van der Waals surface area (Å²) in [5.41, 5.74) is 0.828. The molecule has 1 atom stereocenters. The average Bonchev–Trinajstić information content (AvgIpc) is 2.96. The highest BCUT2D eigenvalue weighted by atomic mass is 16.5. The van der Waals surface area contributed by atoms with Gasteiger partial charge in [0.1, 0.15) is 6.04 Å². The minimum absolute atomic E-state index is 0.307. The normalized spacial score (nSPS) is 12.1. The van der Waals surface area contributed by atoms with Crippen LogP contribution in [0.25, 0.3) is 0 Å². The molecule has 0 aliphatic carbocycles. The number of carbonyl (C=O) groups excluding carboxylic acids is 1. The third-order valence-corrected chi connectivity index (χ3v) is 2.84. The van der Waals surface area contributed by atoms with Gasteiger partial charge in [0.05, 0.1) is 13.7 Å². The van der Waals surface area contributed by atoms with Gasteiger partial charge < -0.3 is 9.15 Å². The average molecular weight is 275 g/mol. The number of aromatic nitrogens is 2. The Hall–Kier alpha value is -2.21. The van der Waals surface area contributed by atoms with Crippen LogP contribution >= 0.6 is 0 Å². The summed E-state index contributed by atoms with van der Waals surface area (Å²) >= 11 is 0. The lowest BCUT2D eigenvalue weighted by Crippen LogP contribution is -2.29. The largest absolute Gasteiger partial charge is 0.468 e. The standard InChI is InChI=1S/C14H17N3O3/c1-3-11-16-17-12(20-11)9-15-13(14(18)19-2)10-7-5-4-6-8-10/h4-8,13,15H,3,9H2,1-2H3. The predicted molar refractivity (Wildman–Crippen MR) is 71.7 cm³/mol. The van der Waals surface area contributed by atoms with Crippen LogP contribution in [0.5, 0.6) is 0 Å². The molecule has 0 radical (unpaired) electrons. The zero-order chi connectivity index (χ0) is 14.4. The van der Waals surface area contributed by atoms with Gasteiger partial charge in [-0.3, -0.25) is 5.32 Å². The maximum Gasteiger partial charge on any atom is 0.327 e. The Labute approximate surface area is 117 Å². The lowest BCUT2D eigenvalue weighted by Gasteiger charge is -2.15. The Morgan fingerprint density at radius 3 is 2.60 bits per heavy atom. The van der Waals surface area contributed by atoms with Crippen molar-refractivity contribution in [2.45, 2.75) is 25.9 Å². The van der Waals surface area contributed by atoms with Crippen LogP contribution in [0.3, 0.4) is 0 Å². The second-order valence-electron chi connectivity index (χ2n) is 4.19. The number of benzene rings is 1. The van der Waals surface area contributed by atoms with Gasteiger partial charge in [0, 0.05) is 6.42 Å². The van der Waals surface area contributed by atoms with E-state index in [2.05, 4.69) is 15.5 Å². The second kappa shape index (κ2) is 6.81. The fourth-order valence-corrected chi connectivity index (χ4v) is 1.79. The van der Waals surface area contributed by atoms with E-state index in [0.717, 1.165) is 5.56 Å². The molecule has 6 heteroatoms. The van der Waals surface area contributed by atoms with E-state index >= 15 is 0 Å². The number of hydrogen-bond donors (Lipinski definition) is 1. The summed E-state index contributed by atoms with van der Waals surface area (Å²) in [5, 5.41) is 10.9. The summed E-state index contributed by atoms with van der Waals surface area (Å²) in [4.78, 5) is 11.8. The molecule has 0 fully saturated rings. The van der Waals surface area contributed by atoms with Gasteiger partial charge in [0.2, 0.25) is 11.8 Å².